The van der Waals surface area contributed by atoms with Gasteiger partial charge in [-0.1, -0.05) is 36.4 Å². The van der Waals surface area contributed by atoms with Gasteiger partial charge in [0.1, 0.15) is 11.6 Å². The van der Waals surface area contributed by atoms with E-state index >= 15 is 0 Å². The topological polar surface area (TPSA) is 96.0 Å². The molecule has 150 valence electrons. The molecule has 3 rings (SSSR count). The maximum atomic E-state index is 12.4. The van der Waals surface area contributed by atoms with Crippen LogP contribution in [0.1, 0.15) is 27.6 Å². The third-order valence-electron chi connectivity index (χ3n) is 3.62. The zero-order valence-corrected chi connectivity index (χ0v) is 17.1. The van der Waals surface area contributed by atoms with Gasteiger partial charge in [0.25, 0.3) is 11.8 Å². The van der Waals surface area contributed by atoms with Crippen molar-refractivity contribution in [1.29, 1.82) is 0 Å². The fraction of sp³-hybridized carbons (Fsp3) is 0.143. The minimum Gasteiger partial charge on any atom is -0.370 e. The minimum absolute atomic E-state index is 0.102. The van der Waals surface area contributed by atoms with Crippen molar-refractivity contribution in [2.45, 2.75) is 6.92 Å². The van der Waals surface area contributed by atoms with Gasteiger partial charge in [-0.2, -0.15) is 22.6 Å². The Morgan fingerprint density at radius 3 is 1.79 bits per heavy atom. The quantitative estimate of drug-likeness (QED) is 0.462. The average molecular weight is 410 g/mol. The molecule has 0 aliphatic rings. The van der Waals surface area contributed by atoms with Crippen LogP contribution in [0.15, 0.2) is 66.7 Å². The normalized spacial score (nSPS) is 9.62. The highest BCUT2D eigenvalue weighted by atomic mass is 32.1. The van der Waals surface area contributed by atoms with E-state index in [2.05, 4.69) is 38.5 Å². The first-order chi connectivity index (χ1) is 14.2. The molecule has 0 atom stereocenters. The number of thiol groups is 1. The van der Waals surface area contributed by atoms with E-state index in [-0.39, 0.29) is 23.6 Å². The van der Waals surface area contributed by atoms with Gasteiger partial charge >= 0.3 is 0 Å². The Bertz CT molecular complexity index is 865. The summed E-state index contributed by atoms with van der Waals surface area (Å²) in [4.78, 5) is 33.2. The summed E-state index contributed by atoms with van der Waals surface area (Å²) in [6, 6.07) is 19.2. The van der Waals surface area contributed by atoms with E-state index in [0.29, 0.717) is 23.5 Å². The largest absolute Gasteiger partial charge is 0.370 e. The van der Waals surface area contributed by atoms with Crippen molar-refractivity contribution in [3.05, 3.63) is 77.9 Å². The second kappa shape index (κ2) is 11.5. The molecule has 1 aromatic heterocycles. The van der Waals surface area contributed by atoms with E-state index in [1.807, 2.05) is 19.1 Å². The van der Waals surface area contributed by atoms with Crippen LogP contribution in [-0.4, -0.2) is 34.6 Å². The third-order valence-corrected chi connectivity index (χ3v) is 3.62. The van der Waals surface area contributed by atoms with Crippen molar-refractivity contribution < 1.29 is 9.59 Å². The van der Waals surface area contributed by atoms with Crippen LogP contribution in [0.25, 0.3) is 0 Å². The van der Waals surface area contributed by atoms with Crippen LogP contribution in [-0.2, 0) is 0 Å². The van der Waals surface area contributed by atoms with Gasteiger partial charge < -0.3 is 10.6 Å². The Morgan fingerprint density at radius 1 is 0.793 bits per heavy atom. The molecule has 0 spiro atoms. The van der Waals surface area contributed by atoms with Gasteiger partial charge in [-0.15, -0.1) is 0 Å². The standard InChI is InChI=1S/C20H19N5O2.CH4S/c1-2-21-16-13-17(22-18(26)14-9-5-3-6-10-14)24-20(23-16)25-19(27)15-11-7-4-8-12-15;1-2/h3-13H,2H2,1H3,(H3,21,22,23,24,25,26,27);2H,1H3. The molecule has 0 saturated heterocycles. The van der Waals surface area contributed by atoms with E-state index in [9.17, 15) is 9.59 Å². The number of anilines is 3. The molecular formula is C21H23N5O2S. The van der Waals surface area contributed by atoms with Crippen molar-refractivity contribution in [2.75, 3.05) is 28.8 Å². The third kappa shape index (κ3) is 6.62. The predicted octanol–water partition coefficient (Wildman–Crippen LogP) is 3.96. The Hall–Kier alpha value is -3.39. The Labute approximate surface area is 175 Å². The van der Waals surface area contributed by atoms with Crippen LogP contribution in [0.5, 0.6) is 0 Å². The average Bonchev–Trinajstić information content (AvgIpc) is 2.76. The molecule has 0 aliphatic heterocycles. The lowest BCUT2D eigenvalue weighted by Crippen LogP contribution is -2.18. The maximum absolute atomic E-state index is 12.4. The van der Waals surface area contributed by atoms with Crippen LogP contribution < -0.4 is 16.0 Å². The predicted molar refractivity (Wildman–Crippen MR) is 120 cm³/mol. The zero-order chi connectivity index (χ0) is 21.1. The number of carbonyl (C=O) groups excluding carboxylic acids is 2. The van der Waals surface area contributed by atoms with Gasteiger partial charge in [0.15, 0.2) is 0 Å². The van der Waals surface area contributed by atoms with Crippen molar-refractivity contribution in [3.8, 4) is 0 Å². The summed E-state index contributed by atoms with van der Waals surface area (Å²) in [5.74, 6) is 0.268. The Kier molecular flexibility index (Phi) is 8.65. The maximum Gasteiger partial charge on any atom is 0.258 e. The van der Waals surface area contributed by atoms with E-state index in [1.54, 1.807) is 60.9 Å². The molecule has 0 saturated carbocycles. The zero-order valence-electron chi connectivity index (χ0n) is 16.2. The van der Waals surface area contributed by atoms with Gasteiger partial charge in [0.2, 0.25) is 5.95 Å². The second-order valence-corrected chi connectivity index (χ2v) is 5.63. The molecule has 2 aromatic carbocycles. The van der Waals surface area contributed by atoms with Crippen molar-refractivity contribution in [3.63, 3.8) is 0 Å². The van der Waals surface area contributed by atoms with Crippen molar-refractivity contribution in [1.82, 2.24) is 9.97 Å². The van der Waals surface area contributed by atoms with Crippen LogP contribution >= 0.6 is 12.6 Å². The number of hydrogen-bond donors (Lipinski definition) is 4. The Balaban J connectivity index is 0.00000145. The lowest BCUT2D eigenvalue weighted by Gasteiger charge is -2.11. The highest BCUT2D eigenvalue weighted by Gasteiger charge is 2.12. The number of aromatic nitrogens is 2. The Morgan fingerprint density at radius 2 is 1.28 bits per heavy atom. The fourth-order valence-electron chi connectivity index (χ4n) is 2.38. The van der Waals surface area contributed by atoms with E-state index in [4.69, 9.17) is 0 Å². The summed E-state index contributed by atoms with van der Waals surface area (Å²) in [7, 11) is 0. The number of benzene rings is 2. The smallest absolute Gasteiger partial charge is 0.258 e. The van der Waals surface area contributed by atoms with Crippen molar-refractivity contribution >= 4 is 42.0 Å². The first-order valence-corrected chi connectivity index (χ1v) is 9.85. The molecule has 29 heavy (non-hydrogen) atoms. The van der Waals surface area contributed by atoms with Crippen molar-refractivity contribution in [2.24, 2.45) is 0 Å². The SMILES string of the molecule is CCNc1cc(NC(=O)c2ccccc2)nc(NC(=O)c2ccccc2)n1.CS. The number of amides is 2. The van der Waals surface area contributed by atoms with Gasteiger partial charge in [-0.25, -0.2) is 0 Å². The van der Waals surface area contributed by atoms with E-state index in [1.165, 1.54) is 0 Å². The molecular weight excluding hydrogens is 386 g/mol. The summed E-state index contributed by atoms with van der Waals surface area (Å²) in [5, 5.41) is 8.45. The molecule has 3 aromatic rings. The molecule has 0 fully saturated rings. The van der Waals surface area contributed by atoms with Gasteiger partial charge in [-0.05, 0) is 37.4 Å². The number of hydrogen-bond acceptors (Lipinski definition) is 6. The monoisotopic (exact) mass is 409 g/mol. The summed E-state index contributed by atoms with van der Waals surface area (Å²) in [6.07, 6.45) is 1.69. The highest BCUT2D eigenvalue weighted by Crippen LogP contribution is 2.16. The summed E-state index contributed by atoms with van der Waals surface area (Å²) < 4.78 is 0. The minimum atomic E-state index is -0.329. The first-order valence-electron chi connectivity index (χ1n) is 8.96. The highest BCUT2D eigenvalue weighted by molar-refractivity contribution is 7.79. The number of nitrogens with one attached hydrogen (secondary N) is 3. The van der Waals surface area contributed by atoms with Crippen LogP contribution in [0.4, 0.5) is 17.6 Å². The second-order valence-electron chi connectivity index (χ2n) is 5.63. The molecule has 0 aliphatic carbocycles. The number of rotatable bonds is 6. The van der Waals surface area contributed by atoms with Crippen LogP contribution in [0, 0.1) is 0 Å². The summed E-state index contributed by atoms with van der Waals surface area (Å²) >= 11 is 3.53. The fourth-order valence-corrected chi connectivity index (χ4v) is 2.38. The lowest BCUT2D eigenvalue weighted by molar-refractivity contribution is 0.101. The van der Waals surface area contributed by atoms with E-state index < -0.39 is 0 Å². The number of nitrogens with zero attached hydrogens (tertiary/aromatic N) is 2. The molecule has 0 bridgehead atoms. The molecule has 3 N–H and O–H groups in total. The molecule has 8 heteroatoms. The number of carbonyl (C=O) groups is 2. The van der Waals surface area contributed by atoms with Gasteiger partial charge in [0, 0.05) is 23.7 Å². The van der Waals surface area contributed by atoms with Gasteiger partial charge in [0.05, 0.1) is 0 Å². The lowest BCUT2D eigenvalue weighted by atomic mass is 10.2. The molecule has 0 unspecified atom stereocenters. The summed E-state index contributed by atoms with van der Waals surface area (Å²) in [5.41, 5.74) is 1.00. The molecule has 7 nitrogen and oxygen atoms in total. The summed E-state index contributed by atoms with van der Waals surface area (Å²) in [6.45, 7) is 2.56. The molecule has 2 amide bonds. The van der Waals surface area contributed by atoms with E-state index in [0.717, 1.165) is 0 Å². The first kappa shape index (κ1) is 21.9. The van der Waals surface area contributed by atoms with Crippen LogP contribution in [0.2, 0.25) is 0 Å². The van der Waals surface area contributed by atoms with Crippen LogP contribution in [0.3, 0.4) is 0 Å². The molecule has 1 heterocycles. The molecule has 0 radical (unpaired) electrons. The van der Waals surface area contributed by atoms with Gasteiger partial charge in [-0.3, -0.25) is 14.9 Å².